The van der Waals surface area contributed by atoms with Gasteiger partial charge in [0.1, 0.15) is 0 Å². The first-order valence-corrected chi connectivity index (χ1v) is 18.8. The van der Waals surface area contributed by atoms with E-state index in [0.717, 1.165) is 6.42 Å². The lowest BCUT2D eigenvalue weighted by Gasteiger charge is -2.46. The lowest BCUT2D eigenvalue weighted by Crippen LogP contribution is -2.77. The number of thiophene rings is 1. The number of para-hydroxylation sites is 1. The van der Waals surface area contributed by atoms with Crippen molar-refractivity contribution in [2.24, 2.45) is 0 Å². The molecule has 0 fully saturated rings. The number of hydrogen-bond donors (Lipinski definition) is 0. The van der Waals surface area contributed by atoms with E-state index in [0.29, 0.717) is 0 Å². The van der Waals surface area contributed by atoms with Gasteiger partial charge >= 0.3 is 0 Å². The standard InChI is InChI=1S/C43H29NSSi/c1-3-17-31(18-4-1)46(32-19-5-2-6-20-32)40-27-10-8-24-36(40)44(37-25-13-22-34-33-21-7-9-26-39(33)45-42(34)37)38-28-30-16-11-14-29-15-12-23-35(41(29)30)43(38)46/h1-22,24-28H,23H2. The Balaban J connectivity index is 1.43. The Labute approximate surface area is 273 Å². The molecule has 0 unspecified atom stereocenters. The van der Waals surface area contributed by atoms with Gasteiger partial charge in [-0.25, -0.2) is 0 Å². The van der Waals surface area contributed by atoms with Crippen LogP contribution in [0.3, 0.4) is 0 Å². The van der Waals surface area contributed by atoms with Crippen molar-refractivity contribution in [2.75, 3.05) is 4.90 Å². The van der Waals surface area contributed by atoms with Crippen molar-refractivity contribution in [3.05, 3.63) is 169 Å². The van der Waals surface area contributed by atoms with Crippen molar-refractivity contribution in [1.82, 2.24) is 0 Å². The van der Waals surface area contributed by atoms with E-state index in [-0.39, 0.29) is 0 Å². The third-order valence-electron chi connectivity index (χ3n) is 10.1. The first kappa shape index (κ1) is 26.0. The van der Waals surface area contributed by atoms with Gasteiger partial charge in [-0.2, -0.15) is 0 Å². The quantitative estimate of drug-likeness (QED) is 0.179. The van der Waals surface area contributed by atoms with E-state index in [1.165, 1.54) is 79.9 Å². The molecule has 1 nitrogen and oxygen atoms in total. The summed E-state index contributed by atoms with van der Waals surface area (Å²) in [4.78, 5) is 2.61. The second-order valence-electron chi connectivity index (χ2n) is 12.4. The molecule has 0 saturated carbocycles. The highest BCUT2D eigenvalue weighted by molar-refractivity contribution is 7.26. The molecule has 1 aromatic heterocycles. The molecule has 46 heavy (non-hydrogen) atoms. The van der Waals surface area contributed by atoms with Crippen LogP contribution in [-0.2, 0) is 6.42 Å². The van der Waals surface area contributed by atoms with Gasteiger partial charge in [0.2, 0.25) is 0 Å². The number of anilines is 3. The van der Waals surface area contributed by atoms with Crippen LogP contribution in [0.5, 0.6) is 0 Å². The minimum absolute atomic E-state index is 0.925. The molecule has 1 aliphatic heterocycles. The average Bonchev–Trinajstić information content (AvgIpc) is 3.51. The summed E-state index contributed by atoms with van der Waals surface area (Å²) in [5.74, 6) is 0. The molecule has 3 heteroatoms. The van der Waals surface area contributed by atoms with E-state index in [1.54, 1.807) is 0 Å². The summed E-state index contributed by atoms with van der Waals surface area (Å²) >= 11 is 1.91. The van der Waals surface area contributed by atoms with E-state index in [4.69, 9.17) is 0 Å². The lowest BCUT2D eigenvalue weighted by molar-refractivity contribution is 1.26. The van der Waals surface area contributed by atoms with Crippen LogP contribution in [0.15, 0.2) is 158 Å². The summed E-state index contributed by atoms with van der Waals surface area (Å²) in [6, 6.07) is 57.2. The molecule has 0 atom stereocenters. The van der Waals surface area contributed by atoms with Crippen LogP contribution in [-0.4, -0.2) is 8.07 Å². The van der Waals surface area contributed by atoms with Crippen LogP contribution in [0.4, 0.5) is 17.1 Å². The predicted octanol–water partition coefficient (Wildman–Crippen LogP) is 8.94. The van der Waals surface area contributed by atoms with E-state index in [1.807, 2.05) is 11.3 Å². The number of allylic oxidation sites excluding steroid dienone is 1. The molecule has 0 amide bonds. The lowest BCUT2D eigenvalue weighted by atomic mass is 9.91. The zero-order valence-electron chi connectivity index (χ0n) is 25.2. The van der Waals surface area contributed by atoms with Crippen LogP contribution >= 0.6 is 11.3 Å². The fourth-order valence-electron chi connectivity index (χ4n) is 8.36. The summed E-state index contributed by atoms with van der Waals surface area (Å²) in [7, 11) is -2.79. The summed E-state index contributed by atoms with van der Waals surface area (Å²) in [6.45, 7) is 0. The SMILES string of the molecule is C1=Cc2cccc3cc4c(c(c23)C1)[Si](c1ccccc1)(c1ccccc1)c1ccccc1N4c1cccc2c1sc1ccccc12. The molecule has 0 saturated heterocycles. The van der Waals surface area contributed by atoms with Gasteiger partial charge in [0, 0.05) is 26.8 Å². The maximum Gasteiger partial charge on any atom is 0.184 e. The third kappa shape index (κ3) is 3.44. The van der Waals surface area contributed by atoms with Gasteiger partial charge in [0.05, 0.1) is 10.4 Å². The predicted molar refractivity (Wildman–Crippen MR) is 201 cm³/mol. The fourth-order valence-corrected chi connectivity index (χ4v) is 14.9. The third-order valence-corrected chi connectivity index (χ3v) is 16.2. The summed E-state index contributed by atoms with van der Waals surface area (Å²) in [5, 5.41) is 11.2. The van der Waals surface area contributed by atoms with E-state index < -0.39 is 8.07 Å². The zero-order chi connectivity index (χ0) is 30.2. The highest BCUT2D eigenvalue weighted by atomic mass is 32.1. The molecule has 0 radical (unpaired) electrons. The minimum atomic E-state index is -2.79. The molecule has 0 spiro atoms. The Morgan fingerprint density at radius 3 is 2.07 bits per heavy atom. The molecule has 2 aliphatic rings. The fraction of sp³-hybridized carbons (Fsp3) is 0.0233. The maximum absolute atomic E-state index is 2.79. The number of nitrogens with zero attached hydrogens (tertiary/aromatic N) is 1. The number of hydrogen-bond acceptors (Lipinski definition) is 2. The van der Waals surface area contributed by atoms with Crippen LogP contribution in [0.1, 0.15) is 11.1 Å². The summed E-state index contributed by atoms with van der Waals surface area (Å²) in [5.41, 5.74) is 6.66. The monoisotopic (exact) mass is 619 g/mol. The molecule has 8 aromatic rings. The average molecular weight is 620 g/mol. The van der Waals surface area contributed by atoms with Gasteiger partial charge in [0.25, 0.3) is 0 Å². The zero-order valence-corrected chi connectivity index (χ0v) is 27.0. The van der Waals surface area contributed by atoms with Crippen molar-refractivity contribution < 1.29 is 0 Å². The van der Waals surface area contributed by atoms with Gasteiger partial charge in [-0.05, 0) is 73.3 Å². The van der Waals surface area contributed by atoms with Crippen molar-refractivity contribution in [2.45, 2.75) is 6.42 Å². The topological polar surface area (TPSA) is 3.24 Å². The van der Waals surface area contributed by atoms with E-state index in [2.05, 4.69) is 169 Å². The van der Waals surface area contributed by atoms with Crippen LogP contribution < -0.4 is 25.6 Å². The Kier molecular flexibility index (Phi) is 5.60. The molecule has 1 aliphatic carbocycles. The van der Waals surface area contributed by atoms with Crippen LogP contribution in [0.2, 0.25) is 0 Å². The second kappa shape index (κ2) is 9.89. The normalized spacial score (nSPS) is 14.5. The molecule has 216 valence electrons. The summed E-state index contributed by atoms with van der Waals surface area (Å²) < 4.78 is 2.66. The Bertz CT molecular complexity index is 2470. The van der Waals surface area contributed by atoms with Crippen LogP contribution in [0, 0.1) is 0 Å². The number of benzene rings is 7. The van der Waals surface area contributed by atoms with Gasteiger partial charge in [-0.3, -0.25) is 0 Å². The van der Waals surface area contributed by atoms with Crippen molar-refractivity contribution >= 4 is 94.2 Å². The molecular weight excluding hydrogens is 591 g/mol. The first-order chi connectivity index (χ1) is 22.8. The Morgan fingerprint density at radius 1 is 0.565 bits per heavy atom. The largest absolute Gasteiger partial charge is 0.309 e. The van der Waals surface area contributed by atoms with Crippen molar-refractivity contribution in [3.63, 3.8) is 0 Å². The molecule has 2 heterocycles. The number of fused-ring (bicyclic) bond motifs is 6. The van der Waals surface area contributed by atoms with Crippen molar-refractivity contribution in [1.29, 1.82) is 0 Å². The first-order valence-electron chi connectivity index (χ1n) is 16.0. The highest BCUT2D eigenvalue weighted by Crippen LogP contribution is 2.47. The maximum atomic E-state index is 2.61. The molecule has 0 N–H and O–H groups in total. The summed E-state index contributed by atoms with van der Waals surface area (Å²) in [6.07, 6.45) is 5.63. The second-order valence-corrected chi connectivity index (χ2v) is 17.1. The van der Waals surface area contributed by atoms with Crippen molar-refractivity contribution in [3.8, 4) is 0 Å². The minimum Gasteiger partial charge on any atom is -0.309 e. The smallest absolute Gasteiger partial charge is 0.184 e. The highest BCUT2D eigenvalue weighted by Gasteiger charge is 2.50. The molecule has 0 bridgehead atoms. The molecule has 10 rings (SSSR count). The van der Waals surface area contributed by atoms with E-state index >= 15 is 0 Å². The van der Waals surface area contributed by atoms with Gasteiger partial charge in [0.15, 0.2) is 8.07 Å². The van der Waals surface area contributed by atoms with E-state index in [9.17, 15) is 0 Å². The Morgan fingerprint density at radius 2 is 1.24 bits per heavy atom. The van der Waals surface area contributed by atoms with Gasteiger partial charge < -0.3 is 4.90 Å². The molecular formula is C43H29NSSi. The molecule has 7 aromatic carbocycles. The number of rotatable bonds is 3. The van der Waals surface area contributed by atoms with Gasteiger partial charge in [-0.15, -0.1) is 11.3 Å². The van der Waals surface area contributed by atoms with Gasteiger partial charge in [-0.1, -0.05) is 140 Å². The van der Waals surface area contributed by atoms with Crippen LogP contribution in [0.25, 0.3) is 37.0 Å². The Hall–Kier alpha value is -5.22.